The van der Waals surface area contributed by atoms with Crippen LogP contribution in [0.5, 0.6) is 11.5 Å². The van der Waals surface area contributed by atoms with E-state index in [1.165, 1.54) is 16.7 Å². The van der Waals surface area contributed by atoms with Gasteiger partial charge in [0.05, 0.1) is 0 Å². The molecular formula is C18H21BrO2. The van der Waals surface area contributed by atoms with E-state index < -0.39 is 0 Å². The van der Waals surface area contributed by atoms with Crippen molar-refractivity contribution >= 4 is 15.9 Å². The van der Waals surface area contributed by atoms with E-state index in [1.54, 1.807) is 0 Å². The Kier molecular flexibility index (Phi) is 5.68. The number of fused-ring (bicyclic) bond motifs is 1. The van der Waals surface area contributed by atoms with Gasteiger partial charge >= 0.3 is 0 Å². The Morgan fingerprint density at radius 1 is 0.952 bits per heavy atom. The SMILES string of the molecule is CC.Cc1ccc(Br)c(Cc2ccc3c(c2)OCCO3)c1. The Hall–Kier alpha value is -1.48. The van der Waals surface area contributed by atoms with Gasteiger partial charge in [0.1, 0.15) is 13.2 Å². The number of ether oxygens (including phenoxy) is 2. The van der Waals surface area contributed by atoms with Gasteiger partial charge < -0.3 is 9.47 Å². The molecule has 1 heterocycles. The molecule has 0 unspecified atom stereocenters. The second-order valence-corrected chi connectivity index (χ2v) is 5.60. The highest BCUT2D eigenvalue weighted by Gasteiger charge is 2.12. The molecule has 0 radical (unpaired) electrons. The van der Waals surface area contributed by atoms with Crippen LogP contribution in [0.2, 0.25) is 0 Å². The summed E-state index contributed by atoms with van der Waals surface area (Å²) in [6.07, 6.45) is 0.888. The van der Waals surface area contributed by atoms with Crippen molar-refractivity contribution in [2.24, 2.45) is 0 Å². The van der Waals surface area contributed by atoms with Gasteiger partial charge in [-0.25, -0.2) is 0 Å². The van der Waals surface area contributed by atoms with Crippen LogP contribution in [-0.2, 0) is 6.42 Å². The largest absolute Gasteiger partial charge is 0.486 e. The summed E-state index contributed by atoms with van der Waals surface area (Å²) in [5, 5.41) is 0. The van der Waals surface area contributed by atoms with Crippen LogP contribution >= 0.6 is 15.9 Å². The third kappa shape index (κ3) is 4.01. The third-order valence-corrected chi connectivity index (χ3v) is 3.98. The van der Waals surface area contributed by atoms with Gasteiger partial charge in [-0.15, -0.1) is 0 Å². The van der Waals surface area contributed by atoms with Gasteiger partial charge in [-0.1, -0.05) is 53.5 Å². The smallest absolute Gasteiger partial charge is 0.161 e. The molecule has 2 nitrogen and oxygen atoms in total. The third-order valence-electron chi connectivity index (χ3n) is 3.20. The first kappa shape index (κ1) is 15.9. The number of benzene rings is 2. The Balaban J connectivity index is 0.000000774. The van der Waals surface area contributed by atoms with Crippen LogP contribution in [0.4, 0.5) is 0 Å². The lowest BCUT2D eigenvalue weighted by Gasteiger charge is -2.19. The zero-order valence-electron chi connectivity index (χ0n) is 12.8. The normalized spacial score (nSPS) is 12.4. The molecule has 2 aromatic carbocycles. The maximum Gasteiger partial charge on any atom is 0.161 e. The summed E-state index contributed by atoms with van der Waals surface area (Å²) in [7, 11) is 0. The standard InChI is InChI=1S/C16H15BrO2.C2H6/c1-11-2-4-14(17)13(8-11)9-12-3-5-15-16(10-12)19-7-6-18-15;1-2/h2-5,8,10H,6-7,9H2,1H3;1-2H3. The molecule has 0 saturated carbocycles. The molecule has 21 heavy (non-hydrogen) atoms. The minimum absolute atomic E-state index is 0.630. The fourth-order valence-electron chi connectivity index (χ4n) is 2.26. The van der Waals surface area contributed by atoms with Gasteiger partial charge in [-0.05, 0) is 42.7 Å². The number of aryl methyl sites for hydroxylation is 1. The van der Waals surface area contributed by atoms with Gasteiger partial charge in [0.15, 0.2) is 11.5 Å². The van der Waals surface area contributed by atoms with Crippen molar-refractivity contribution in [3.05, 3.63) is 57.6 Å². The summed E-state index contributed by atoms with van der Waals surface area (Å²) >= 11 is 3.61. The van der Waals surface area contributed by atoms with Crippen LogP contribution in [0.15, 0.2) is 40.9 Å². The molecule has 112 valence electrons. The van der Waals surface area contributed by atoms with Crippen molar-refractivity contribution in [1.29, 1.82) is 0 Å². The summed E-state index contributed by atoms with van der Waals surface area (Å²) in [6, 6.07) is 12.6. The monoisotopic (exact) mass is 348 g/mol. The molecule has 0 fully saturated rings. The summed E-state index contributed by atoms with van der Waals surface area (Å²) in [5.41, 5.74) is 3.79. The molecule has 0 bridgehead atoms. The zero-order chi connectivity index (χ0) is 15.2. The van der Waals surface area contributed by atoms with Crippen LogP contribution in [0, 0.1) is 6.92 Å². The second kappa shape index (κ2) is 7.51. The average molecular weight is 349 g/mol. The van der Waals surface area contributed by atoms with Crippen molar-refractivity contribution < 1.29 is 9.47 Å². The number of halogens is 1. The Morgan fingerprint density at radius 3 is 2.43 bits per heavy atom. The number of rotatable bonds is 2. The maximum atomic E-state index is 5.62. The van der Waals surface area contributed by atoms with Crippen molar-refractivity contribution in [3.8, 4) is 11.5 Å². The molecule has 1 aliphatic rings. The fourth-order valence-corrected chi connectivity index (χ4v) is 2.64. The zero-order valence-corrected chi connectivity index (χ0v) is 14.4. The summed E-state index contributed by atoms with van der Waals surface area (Å²) < 4.78 is 12.3. The molecule has 3 rings (SSSR count). The molecule has 2 aromatic rings. The van der Waals surface area contributed by atoms with Crippen LogP contribution in [0.3, 0.4) is 0 Å². The van der Waals surface area contributed by atoms with Crippen molar-refractivity contribution in [1.82, 2.24) is 0 Å². The minimum atomic E-state index is 0.630. The van der Waals surface area contributed by atoms with E-state index in [-0.39, 0.29) is 0 Å². The topological polar surface area (TPSA) is 18.5 Å². The second-order valence-electron chi connectivity index (χ2n) is 4.75. The van der Waals surface area contributed by atoms with Gasteiger partial charge in [0.2, 0.25) is 0 Å². The molecule has 0 spiro atoms. The Morgan fingerprint density at radius 2 is 1.67 bits per heavy atom. The van der Waals surface area contributed by atoms with Crippen molar-refractivity contribution in [2.45, 2.75) is 27.2 Å². The molecule has 0 atom stereocenters. The minimum Gasteiger partial charge on any atom is -0.486 e. The van der Waals surface area contributed by atoms with E-state index in [1.807, 2.05) is 19.9 Å². The number of hydrogen-bond acceptors (Lipinski definition) is 2. The highest BCUT2D eigenvalue weighted by atomic mass is 79.9. The molecule has 0 aliphatic carbocycles. The van der Waals surface area contributed by atoms with Crippen molar-refractivity contribution in [3.63, 3.8) is 0 Å². The van der Waals surface area contributed by atoms with Crippen LogP contribution in [0.25, 0.3) is 0 Å². The van der Waals surface area contributed by atoms with Gasteiger partial charge in [0.25, 0.3) is 0 Å². The number of hydrogen-bond donors (Lipinski definition) is 0. The van der Waals surface area contributed by atoms with E-state index in [4.69, 9.17) is 9.47 Å². The van der Waals surface area contributed by atoms with E-state index >= 15 is 0 Å². The van der Waals surface area contributed by atoms with Gasteiger partial charge in [-0.3, -0.25) is 0 Å². The molecule has 0 amide bonds. The summed E-state index contributed by atoms with van der Waals surface area (Å²) in [4.78, 5) is 0. The Labute approximate surface area is 135 Å². The maximum absolute atomic E-state index is 5.62. The fraction of sp³-hybridized carbons (Fsp3) is 0.333. The van der Waals surface area contributed by atoms with E-state index in [0.29, 0.717) is 13.2 Å². The lowest BCUT2D eigenvalue weighted by Crippen LogP contribution is -2.15. The van der Waals surface area contributed by atoms with Crippen LogP contribution in [0.1, 0.15) is 30.5 Å². The van der Waals surface area contributed by atoms with E-state index in [9.17, 15) is 0 Å². The first-order valence-corrected chi connectivity index (χ1v) is 8.15. The van der Waals surface area contributed by atoms with E-state index in [2.05, 4.69) is 53.2 Å². The predicted molar refractivity (Wildman–Crippen MR) is 90.5 cm³/mol. The first-order chi connectivity index (χ1) is 10.2. The molecular weight excluding hydrogens is 328 g/mol. The first-order valence-electron chi connectivity index (χ1n) is 7.36. The van der Waals surface area contributed by atoms with Crippen LogP contribution < -0.4 is 9.47 Å². The van der Waals surface area contributed by atoms with Gasteiger partial charge in [-0.2, -0.15) is 0 Å². The predicted octanol–water partition coefficient (Wildman–Crippen LogP) is 5.15. The van der Waals surface area contributed by atoms with Crippen molar-refractivity contribution in [2.75, 3.05) is 13.2 Å². The quantitative estimate of drug-likeness (QED) is 0.747. The highest BCUT2D eigenvalue weighted by Crippen LogP contribution is 2.32. The summed E-state index contributed by atoms with van der Waals surface area (Å²) in [6.45, 7) is 7.38. The van der Waals surface area contributed by atoms with Crippen LogP contribution in [-0.4, -0.2) is 13.2 Å². The molecule has 0 saturated heterocycles. The molecule has 3 heteroatoms. The lowest BCUT2D eigenvalue weighted by atomic mass is 10.0. The highest BCUT2D eigenvalue weighted by molar-refractivity contribution is 9.10. The average Bonchev–Trinajstić information content (AvgIpc) is 2.53. The molecule has 0 N–H and O–H groups in total. The lowest BCUT2D eigenvalue weighted by molar-refractivity contribution is 0.171. The summed E-state index contributed by atoms with van der Waals surface area (Å²) in [5.74, 6) is 1.70. The van der Waals surface area contributed by atoms with Gasteiger partial charge in [0, 0.05) is 4.47 Å². The Bertz CT molecular complexity index is 608. The van der Waals surface area contributed by atoms with E-state index in [0.717, 1.165) is 22.4 Å². The molecule has 1 aliphatic heterocycles. The molecule has 0 aromatic heterocycles.